The highest BCUT2D eigenvalue weighted by Crippen LogP contribution is 2.33. The van der Waals surface area contributed by atoms with Crippen molar-refractivity contribution < 1.29 is 9.13 Å². The molecular formula is C9H9Br2FO. The highest BCUT2D eigenvalue weighted by atomic mass is 79.9. The molecule has 0 fully saturated rings. The van der Waals surface area contributed by atoms with Gasteiger partial charge in [0, 0.05) is 0 Å². The first-order valence-corrected chi connectivity index (χ1v) is 5.41. The van der Waals surface area contributed by atoms with Crippen LogP contribution in [0.15, 0.2) is 21.1 Å². The fourth-order valence-corrected chi connectivity index (χ4v) is 1.56. The summed E-state index contributed by atoms with van der Waals surface area (Å²) in [7, 11) is 0. The second-order valence-corrected chi connectivity index (χ2v) is 4.55. The molecule has 4 heteroatoms. The van der Waals surface area contributed by atoms with Crippen LogP contribution in [-0.2, 0) is 0 Å². The largest absolute Gasteiger partial charge is 0.487 e. The maximum absolute atomic E-state index is 13.4. The molecule has 0 N–H and O–H groups in total. The van der Waals surface area contributed by atoms with Gasteiger partial charge in [0.05, 0.1) is 15.0 Å². The van der Waals surface area contributed by atoms with Gasteiger partial charge >= 0.3 is 0 Å². The van der Waals surface area contributed by atoms with E-state index in [2.05, 4.69) is 31.9 Å². The summed E-state index contributed by atoms with van der Waals surface area (Å²) < 4.78 is 19.8. The number of halogens is 3. The lowest BCUT2D eigenvalue weighted by Crippen LogP contribution is -2.07. The normalized spacial score (nSPS) is 10.6. The molecule has 0 radical (unpaired) electrons. The highest BCUT2D eigenvalue weighted by molar-refractivity contribution is 9.11. The molecule has 13 heavy (non-hydrogen) atoms. The van der Waals surface area contributed by atoms with Gasteiger partial charge in [0.25, 0.3) is 0 Å². The molecule has 0 atom stereocenters. The first-order valence-electron chi connectivity index (χ1n) is 3.82. The molecule has 1 nitrogen and oxygen atoms in total. The summed E-state index contributed by atoms with van der Waals surface area (Å²) in [6.07, 6.45) is -0.0416. The molecule has 0 spiro atoms. The fraction of sp³-hybridized carbons (Fsp3) is 0.333. The van der Waals surface area contributed by atoms with Crippen LogP contribution in [-0.4, -0.2) is 6.10 Å². The highest BCUT2D eigenvalue weighted by Gasteiger charge is 2.12. The van der Waals surface area contributed by atoms with Crippen molar-refractivity contribution in [1.82, 2.24) is 0 Å². The average molecular weight is 312 g/mol. The molecule has 0 aliphatic rings. The van der Waals surface area contributed by atoms with E-state index >= 15 is 0 Å². The van der Waals surface area contributed by atoms with Crippen LogP contribution in [0.1, 0.15) is 13.8 Å². The molecule has 0 amide bonds. The molecule has 0 saturated carbocycles. The lowest BCUT2D eigenvalue weighted by molar-refractivity contribution is 0.229. The zero-order chi connectivity index (χ0) is 10.0. The summed E-state index contributed by atoms with van der Waals surface area (Å²) in [6.45, 7) is 3.71. The first-order chi connectivity index (χ1) is 6.02. The van der Waals surface area contributed by atoms with Gasteiger partial charge in [0.15, 0.2) is 11.6 Å². The lowest BCUT2D eigenvalue weighted by atomic mass is 10.3. The quantitative estimate of drug-likeness (QED) is 0.746. The number of hydrogen-bond donors (Lipinski definition) is 0. The summed E-state index contributed by atoms with van der Waals surface area (Å²) in [5.41, 5.74) is 0. The predicted molar refractivity (Wildman–Crippen MR) is 57.6 cm³/mol. The Labute approximate surface area is 93.5 Å². The smallest absolute Gasteiger partial charge is 0.180 e. The summed E-state index contributed by atoms with van der Waals surface area (Å²) >= 11 is 6.32. The molecule has 0 aliphatic heterocycles. The van der Waals surface area contributed by atoms with Crippen molar-refractivity contribution in [3.63, 3.8) is 0 Å². The van der Waals surface area contributed by atoms with E-state index in [-0.39, 0.29) is 17.7 Å². The Hall–Kier alpha value is -0.0900. The van der Waals surface area contributed by atoms with E-state index in [1.54, 1.807) is 12.1 Å². The van der Waals surface area contributed by atoms with Gasteiger partial charge in [-0.05, 0) is 57.8 Å². The molecule has 0 unspecified atom stereocenters. The van der Waals surface area contributed by atoms with Crippen LogP contribution in [0.25, 0.3) is 0 Å². The van der Waals surface area contributed by atoms with E-state index in [9.17, 15) is 4.39 Å². The Morgan fingerprint density at radius 2 is 1.77 bits per heavy atom. The van der Waals surface area contributed by atoms with E-state index in [0.717, 1.165) is 0 Å². The van der Waals surface area contributed by atoms with Crippen molar-refractivity contribution in [3.05, 3.63) is 26.9 Å². The standard InChI is InChI=1S/C9H9Br2FO/c1-5(2)13-9-7(11)4-3-6(10)8(9)12/h3-5H,1-2H3. The van der Waals surface area contributed by atoms with Crippen LogP contribution >= 0.6 is 31.9 Å². The maximum Gasteiger partial charge on any atom is 0.180 e. The van der Waals surface area contributed by atoms with Gasteiger partial charge < -0.3 is 4.74 Å². The molecule has 1 aromatic rings. The van der Waals surface area contributed by atoms with Crippen LogP contribution in [0.5, 0.6) is 5.75 Å². The van der Waals surface area contributed by atoms with Crippen molar-refractivity contribution in [2.45, 2.75) is 20.0 Å². The van der Waals surface area contributed by atoms with Crippen molar-refractivity contribution in [2.24, 2.45) is 0 Å². The Kier molecular flexibility index (Phi) is 3.74. The third kappa shape index (κ3) is 2.68. The van der Waals surface area contributed by atoms with Crippen molar-refractivity contribution >= 4 is 31.9 Å². The predicted octanol–water partition coefficient (Wildman–Crippen LogP) is 4.14. The average Bonchev–Trinajstić information content (AvgIpc) is 2.05. The topological polar surface area (TPSA) is 9.23 Å². The minimum absolute atomic E-state index is 0.0416. The fourth-order valence-electron chi connectivity index (χ4n) is 0.852. The monoisotopic (exact) mass is 310 g/mol. The van der Waals surface area contributed by atoms with Crippen LogP contribution in [0.2, 0.25) is 0 Å². The lowest BCUT2D eigenvalue weighted by Gasteiger charge is -2.12. The van der Waals surface area contributed by atoms with Gasteiger partial charge in [-0.25, -0.2) is 4.39 Å². The molecular weight excluding hydrogens is 303 g/mol. The zero-order valence-corrected chi connectivity index (χ0v) is 10.4. The zero-order valence-electron chi connectivity index (χ0n) is 7.27. The van der Waals surface area contributed by atoms with Crippen LogP contribution in [0.4, 0.5) is 4.39 Å². The summed E-state index contributed by atoms with van der Waals surface area (Å²) in [5, 5.41) is 0. The Morgan fingerprint density at radius 1 is 1.23 bits per heavy atom. The number of rotatable bonds is 2. The van der Waals surface area contributed by atoms with Gasteiger partial charge in [-0.3, -0.25) is 0 Å². The van der Waals surface area contributed by atoms with Crippen LogP contribution in [0, 0.1) is 5.82 Å². The number of ether oxygens (including phenoxy) is 1. The van der Waals surface area contributed by atoms with Gasteiger partial charge in [0.2, 0.25) is 0 Å². The SMILES string of the molecule is CC(C)Oc1c(Br)ccc(Br)c1F. The maximum atomic E-state index is 13.4. The summed E-state index contributed by atoms with van der Waals surface area (Å²) in [4.78, 5) is 0. The first kappa shape index (κ1) is 11.0. The molecule has 0 saturated heterocycles. The molecule has 1 rings (SSSR count). The van der Waals surface area contributed by atoms with Gasteiger partial charge in [-0.1, -0.05) is 0 Å². The second-order valence-electron chi connectivity index (χ2n) is 2.84. The van der Waals surface area contributed by atoms with Crippen LogP contribution < -0.4 is 4.74 Å². The van der Waals surface area contributed by atoms with Gasteiger partial charge in [-0.2, -0.15) is 0 Å². The number of hydrogen-bond acceptors (Lipinski definition) is 1. The molecule has 72 valence electrons. The Bertz CT molecular complexity index is 313. The van der Waals surface area contributed by atoms with E-state index in [1.165, 1.54) is 0 Å². The minimum Gasteiger partial charge on any atom is -0.487 e. The second kappa shape index (κ2) is 4.42. The third-order valence-electron chi connectivity index (χ3n) is 1.36. The number of benzene rings is 1. The molecule has 0 bridgehead atoms. The Balaban J connectivity index is 3.10. The van der Waals surface area contributed by atoms with Crippen LogP contribution in [0.3, 0.4) is 0 Å². The van der Waals surface area contributed by atoms with E-state index in [0.29, 0.717) is 8.95 Å². The van der Waals surface area contributed by atoms with Crippen molar-refractivity contribution in [1.29, 1.82) is 0 Å². The van der Waals surface area contributed by atoms with Gasteiger partial charge in [-0.15, -0.1) is 0 Å². The molecule has 0 aromatic heterocycles. The van der Waals surface area contributed by atoms with E-state index in [1.807, 2.05) is 13.8 Å². The van der Waals surface area contributed by atoms with Crippen molar-refractivity contribution in [3.8, 4) is 5.75 Å². The third-order valence-corrected chi connectivity index (χ3v) is 2.59. The van der Waals surface area contributed by atoms with Gasteiger partial charge in [0.1, 0.15) is 0 Å². The molecule has 0 aliphatic carbocycles. The Morgan fingerprint density at radius 3 is 2.31 bits per heavy atom. The van der Waals surface area contributed by atoms with E-state index < -0.39 is 0 Å². The van der Waals surface area contributed by atoms with Crippen molar-refractivity contribution in [2.75, 3.05) is 0 Å². The molecule has 1 aromatic carbocycles. The minimum atomic E-state index is -0.372. The summed E-state index contributed by atoms with van der Waals surface area (Å²) in [5.74, 6) is -0.118. The molecule has 0 heterocycles. The van der Waals surface area contributed by atoms with E-state index in [4.69, 9.17) is 4.74 Å². The summed E-state index contributed by atoms with van der Waals surface area (Å²) in [6, 6.07) is 3.37.